The minimum atomic E-state index is 0.705. The quantitative estimate of drug-likeness (QED) is 0.850. The summed E-state index contributed by atoms with van der Waals surface area (Å²) in [5.41, 5.74) is 0.981. The van der Waals surface area contributed by atoms with Crippen LogP contribution in [0.2, 0.25) is 0 Å². The summed E-state index contributed by atoms with van der Waals surface area (Å²) in [6, 6.07) is 2.10. The van der Waals surface area contributed by atoms with E-state index in [1.807, 2.05) is 11.4 Å². The lowest BCUT2D eigenvalue weighted by atomic mass is 10.0. The molecule has 0 aliphatic carbocycles. The summed E-state index contributed by atoms with van der Waals surface area (Å²) in [5, 5.41) is 4.77. The molecule has 1 unspecified atom stereocenters. The monoisotopic (exact) mass is 330 g/mol. The van der Waals surface area contributed by atoms with Crippen molar-refractivity contribution in [1.82, 2.24) is 24.5 Å². The largest absolute Gasteiger partial charge is 0.378 e. The normalized spacial score (nSPS) is 23.1. The third-order valence-electron chi connectivity index (χ3n) is 4.91. The number of hydrogen-bond donors (Lipinski definition) is 0. The van der Waals surface area contributed by atoms with Crippen molar-refractivity contribution >= 4 is 11.6 Å². The minimum Gasteiger partial charge on any atom is -0.378 e. The van der Waals surface area contributed by atoms with E-state index in [4.69, 9.17) is 9.84 Å². The molecule has 1 atom stereocenters. The van der Waals surface area contributed by atoms with Gasteiger partial charge in [0.25, 0.3) is 5.78 Å². The molecule has 2 saturated heterocycles. The van der Waals surface area contributed by atoms with Crippen molar-refractivity contribution in [2.45, 2.75) is 33.2 Å². The number of rotatable bonds is 3. The van der Waals surface area contributed by atoms with Crippen LogP contribution in [0.25, 0.3) is 5.78 Å². The zero-order valence-electron chi connectivity index (χ0n) is 14.6. The van der Waals surface area contributed by atoms with Gasteiger partial charge in [0.2, 0.25) is 0 Å². The highest BCUT2D eigenvalue weighted by molar-refractivity contribution is 5.47. The molecule has 0 spiro atoms. The fraction of sp³-hybridized carbons (Fsp3) is 0.706. The molecule has 4 rings (SSSR count). The second-order valence-electron chi connectivity index (χ2n) is 7.08. The van der Waals surface area contributed by atoms with Crippen molar-refractivity contribution in [3.63, 3.8) is 0 Å². The molecule has 0 bridgehead atoms. The number of anilines is 1. The summed E-state index contributed by atoms with van der Waals surface area (Å²) >= 11 is 0. The van der Waals surface area contributed by atoms with Crippen molar-refractivity contribution in [3.05, 3.63) is 17.6 Å². The van der Waals surface area contributed by atoms with Crippen LogP contribution in [0.15, 0.2) is 6.07 Å². The molecule has 0 aromatic carbocycles. The van der Waals surface area contributed by atoms with Gasteiger partial charge < -0.3 is 9.64 Å². The van der Waals surface area contributed by atoms with Gasteiger partial charge >= 0.3 is 0 Å². The molecule has 0 radical (unpaired) electrons. The molecule has 2 aromatic heterocycles. The molecule has 24 heavy (non-hydrogen) atoms. The number of fused-ring (bicyclic) bond motifs is 1. The van der Waals surface area contributed by atoms with Crippen molar-refractivity contribution in [3.8, 4) is 0 Å². The Morgan fingerprint density at radius 1 is 1.21 bits per heavy atom. The van der Waals surface area contributed by atoms with Gasteiger partial charge in [-0.3, -0.25) is 4.90 Å². The van der Waals surface area contributed by atoms with E-state index in [0.29, 0.717) is 5.78 Å². The SMILES string of the molecule is Cc1cc(N2CCOCC2)n2nc(CN3CCCC(C)C3)nc2n1. The number of hydrogen-bond acceptors (Lipinski definition) is 6. The number of morpholine rings is 1. The number of piperidine rings is 1. The molecule has 2 aromatic rings. The minimum absolute atomic E-state index is 0.705. The van der Waals surface area contributed by atoms with E-state index in [1.54, 1.807) is 0 Å². The molecule has 4 heterocycles. The van der Waals surface area contributed by atoms with Crippen LogP contribution in [0, 0.1) is 12.8 Å². The Hall–Kier alpha value is -1.73. The Balaban J connectivity index is 1.61. The lowest BCUT2D eigenvalue weighted by molar-refractivity contribution is 0.122. The lowest BCUT2D eigenvalue weighted by Gasteiger charge is -2.29. The predicted molar refractivity (Wildman–Crippen MR) is 92.2 cm³/mol. The van der Waals surface area contributed by atoms with E-state index in [9.17, 15) is 0 Å². The smallest absolute Gasteiger partial charge is 0.254 e. The van der Waals surface area contributed by atoms with E-state index >= 15 is 0 Å². The molecule has 2 aliphatic rings. The van der Waals surface area contributed by atoms with Crippen LogP contribution in [-0.4, -0.2) is 63.9 Å². The van der Waals surface area contributed by atoms with Crippen LogP contribution in [-0.2, 0) is 11.3 Å². The van der Waals surface area contributed by atoms with Crippen molar-refractivity contribution in [2.75, 3.05) is 44.3 Å². The molecule has 0 N–H and O–H groups in total. The van der Waals surface area contributed by atoms with Gasteiger partial charge in [-0.25, -0.2) is 4.98 Å². The zero-order chi connectivity index (χ0) is 16.5. The van der Waals surface area contributed by atoms with Crippen LogP contribution < -0.4 is 4.90 Å². The van der Waals surface area contributed by atoms with E-state index in [2.05, 4.69) is 32.8 Å². The van der Waals surface area contributed by atoms with Gasteiger partial charge in [0, 0.05) is 31.4 Å². The van der Waals surface area contributed by atoms with E-state index in [0.717, 1.165) is 69.2 Å². The van der Waals surface area contributed by atoms with Gasteiger partial charge in [-0.05, 0) is 32.2 Å². The highest BCUT2D eigenvalue weighted by Gasteiger charge is 2.21. The van der Waals surface area contributed by atoms with E-state index in [1.165, 1.54) is 12.8 Å². The first kappa shape index (κ1) is 15.8. The summed E-state index contributed by atoms with van der Waals surface area (Å²) in [7, 11) is 0. The average Bonchev–Trinajstić information content (AvgIpc) is 2.97. The van der Waals surface area contributed by atoms with Gasteiger partial charge in [-0.15, -0.1) is 5.10 Å². The first-order valence-electron chi connectivity index (χ1n) is 8.97. The Kier molecular flexibility index (Phi) is 4.37. The Morgan fingerprint density at radius 3 is 2.83 bits per heavy atom. The van der Waals surface area contributed by atoms with Crippen LogP contribution >= 0.6 is 0 Å². The first-order valence-corrected chi connectivity index (χ1v) is 8.97. The lowest BCUT2D eigenvalue weighted by Crippen LogP contribution is -2.37. The predicted octanol–water partition coefficient (Wildman–Crippen LogP) is 1.50. The van der Waals surface area contributed by atoms with Gasteiger partial charge in [-0.2, -0.15) is 9.50 Å². The number of nitrogens with zero attached hydrogens (tertiary/aromatic N) is 6. The topological polar surface area (TPSA) is 58.8 Å². The standard InChI is InChI=1S/C17H26N6O/c1-13-4-3-5-21(11-13)12-15-19-17-18-14(2)10-16(23(17)20-15)22-6-8-24-9-7-22/h10,13H,3-9,11-12H2,1-2H3. The molecular formula is C17H26N6O. The molecular weight excluding hydrogens is 304 g/mol. The second kappa shape index (κ2) is 6.64. The highest BCUT2D eigenvalue weighted by atomic mass is 16.5. The van der Waals surface area contributed by atoms with E-state index < -0.39 is 0 Å². The number of ether oxygens (including phenoxy) is 1. The Labute approximate surface area is 142 Å². The number of aromatic nitrogens is 4. The first-order chi connectivity index (χ1) is 11.7. The third kappa shape index (κ3) is 3.23. The van der Waals surface area contributed by atoms with Crippen molar-refractivity contribution in [1.29, 1.82) is 0 Å². The van der Waals surface area contributed by atoms with Crippen LogP contribution in [0.3, 0.4) is 0 Å². The molecule has 7 nitrogen and oxygen atoms in total. The Bertz CT molecular complexity index is 708. The maximum absolute atomic E-state index is 5.47. The maximum Gasteiger partial charge on any atom is 0.254 e. The summed E-state index contributed by atoms with van der Waals surface area (Å²) in [5.74, 6) is 3.42. The Morgan fingerprint density at radius 2 is 2.04 bits per heavy atom. The molecule has 130 valence electrons. The molecule has 0 amide bonds. The fourth-order valence-corrected chi connectivity index (χ4v) is 3.72. The fourth-order valence-electron chi connectivity index (χ4n) is 3.72. The highest BCUT2D eigenvalue weighted by Crippen LogP contribution is 2.20. The summed E-state index contributed by atoms with van der Waals surface area (Å²) in [6.07, 6.45) is 2.60. The van der Waals surface area contributed by atoms with Gasteiger partial charge in [-0.1, -0.05) is 6.92 Å². The van der Waals surface area contributed by atoms with Crippen LogP contribution in [0.4, 0.5) is 5.82 Å². The maximum atomic E-state index is 5.47. The molecule has 7 heteroatoms. The third-order valence-corrected chi connectivity index (χ3v) is 4.91. The number of likely N-dealkylation sites (tertiary alicyclic amines) is 1. The number of aryl methyl sites for hydroxylation is 1. The van der Waals surface area contributed by atoms with Gasteiger partial charge in [0.1, 0.15) is 5.82 Å². The van der Waals surface area contributed by atoms with Gasteiger partial charge in [0.15, 0.2) is 5.82 Å². The molecule has 2 aliphatic heterocycles. The average molecular weight is 330 g/mol. The van der Waals surface area contributed by atoms with Crippen LogP contribution in [0.5, 0.6) is 0 Å². The second-order valence-corrected chi connectivity index (χ2v) is 7.08. The van der Waals surface area contributed by atoms with Gasteiger partial charge in [0.05, 0.1) is 19.8 Å². The van der Waals surface area contributed by atoms with Crippen LogP contribution in [0.1, 0.15) is 31.3 Å². The summed E-state index contributed by atoms with van der Waals surface area (Å²) < 4.78 is 7.37. The molecule has 0 saturated carbocycles. The summed E-state index contributed by atoms with van der Waals surface area (Å²) in [4.78, 5) is 14.0. The summed E-state index contributed by atoms with van der Waals surface area (Å²) in [6.45, 7) is 10.7. The molecule has 2 fully saturated rings. The van der Waals surface area contributed by atoms with Crippen molar-refractivity contribution in [2.24, 2.45) is 5.92 Å². The van der Waals surface area contributed by atoms with E-state index in [-0.39, 0.29) is 0 Å². The zero-order valence-corrected chi connectivity index (χ0v) is 14.6. The van der Waals surface area contributed by atoms with Crippen molar-refractivity contribution < 1.29 is 4.74 Å².